The summed E-state index contributed by atoms with van der Waals surface area (Å²) < 4.78 is 32.2. The number of ether oxygens (including phenoxy) is 1. The van der Waals surface area contributed by atoms with Gasteiger partial charge in [-0.15, -0.1) is 0 Å². The molecule has 0 aromatic heterocycles. The van der Waals surface area contributed by atoms with Gasteiger partial charge >= 0.3 is 0 Å². The summed E-state index contributed by atoms with van der Waals surface area (Å²) >= 11 is 5.15. The van der Waals surface area contributed by atoms with Crippen LogP contribution in [0.1, 0.15) is 18.5 Å². The average Bonchev–Trinajstić information content (AvgIpc) is 2.63. The Kier molecular flexibility index (Phi) is 5.36. The van der Waals surface area contributed by atoms with Gasteiger partial charge < -0.3 is 20.7 Å². The molecule has 5 nitrogen and oxygen atoms in total. The van der Waals surface area contributed by atoms with E-state index in [2.05, 4.69) is 16.0 Å². The lowest BCUT2D eigenvalue weighted by atomic mass is 9.94. The van der Waals surface area contributed by atoms with Gasteiger partial charge in [0.25, 0.3) is 5.91 Å². The van der Waals surface area contributed by atoms with Gasteiger partial charge in [0.05, 0.1) is 18.7 Å². The summed E-state index contributed by atoms with van der Waals surface area (Å²) in [6.45, 7) is 1.69. The van der Waals surface area contributed by atoms with E-state index in [0.29, 0.717) is 33.4 Å². The van der Waals surface area contributed by atoms with Crippen LogP contribution in [0.5, 0.6) is 5.75 Å². The number of nitrogens with one attached hydrogen (secondary N) is 3. The summed E-state index contributed by atoms with van der Waals surface area (Å²) in [5.41, 5.74) is 1.76. The van der Waals surface area contributed by atoms with E-state index < -0.39 is 23.6 Å². The van der Waals surface area contributed by atoms with Crippen molar-refractivity contribution < 1.29 is 18.3 Å². The van der Waals surface area contributed by atoms with Crippen molar-refractivity contribution in [2.45, 2.75) is 13.0 Å². The van der Waals surface area contributed by atoms with Gasteiger partial charge in [0, 0.05) is 17.5 Å². The van der Waals surface area contributed by atoms with Crippen LogP contribution < -0.4 is 20.7 Å². The first-order chi connectivity index (χ1) is 12.9. The monoisotopic (exact) mass is 389 g/mol. The van der Waals surface area contributed by atoms with E-state index in [0.717, 1.165) is 12.1 Å². The van der Waals surface area contributed by atoms with Gasteiger partial charge in [-0.3, -0.25) is 4.79 Å². The lowest BCUT2D eigenvalue weighted by molar-refractivity contribution is -0.113. The molecule has 0 saturated heterocycles. The minimum atomic E-state index is -0.996. The molecule has 1 aliphatic heterocycles. The van der Waals surface area contributed by atoms with Crippen molar-refractivity contribution >= 4 is 28.9 Å². The molecule has 1 heterocycles. The topological polar surface area (TPSA) is 62.4 Å². The molecule has 0 bridgehead atoms. The molecule has 0 spiro atoms. The smallest absolute Gasteiger partial charge is 0.255 e. The zero-order valence-corrected chi connectivity index (χ0v) is 15.4. The van der Waals surface area contributed by atoms with Crippen molar-refractivity contribution in [3.63, 3.8) is 0 Å². The van der Waals surface area contributed by atoms with Crippen molar-refractivity contribution in [3.05, 3.63) is 70.9 Å². The van der Waals surface area contributed by atoms with E-state index in [-0.39, 0.29) is 0 Å². The number of methoxy groups -OCH3 is 1. The SMILES string of the molecule is COc1cccc(NC(=O)C2=C(C)NC(=S)N[C@@H]2c2ccc(F)c(F)c2)c1. The molecular formula is C19H17F2N3O2S. The zero-order chi connectivity index (χ0) is 19.6. The normalized spacial score (nSPS) is 16.4. The fourth-order valence-electron chi connectivity index (χ4n) is 2.84. The Hall–Kier alpha value is -3.00. The average molecular weight is 389 g/mol. The summed E-state index contributed by atoms with van der Waals surface area (Å²) in [4.78, 5) is 12.9. The molecule has 2 aromatic rings. The fraction of sp³-hybridized carbons (Fsp3) is 0.158. The van der Waals surface area contributed by atoms with Gasteiger partial charge in [0.1, 0.15) is 5.75 Å². The predicted octanol–water partition coefficient (Wildman–Crippen LogP) is 3.40. The quantitative estimate of drug-likeness (QED) is 0.700. The summed E-state index contributed by atoms with van der Waals surface area (Å²) in [6, 6.07) is 9.65. The number of anilines is 1. The molecule has 3 rings (SSSR count). The summed E-state index contributed by atoms with van der Waals surface area (Å²) in [5, 5.41) is 8.91. The second-order valence-corrected chi connectivity index (χ2v) is 6.34. The Balaban J connectivity index is 1.95. The van der Waals surface area contributed by atoms with Gasteiger partial charge in [-0.25, -0.2) is 8.78 Å². The van der Waals surface area contributed by atoms with Crippen molar-refractivity contribution in [3.8, 4) is 5.75 Å². The number of halogens is 2. The van der Waals surface area contributed by atoms with E-state index in [1.54, 1.807) is 31.2 Å². The van der Waals surface area contributed by atoms with Crippen molar-refractivity contribution in [2.75, 3.05) is 12.4 Å². The highest BCUT2D eigenvalue weighted by Crippen LogP contribution is 2.29. The summed E-state index contributed by atoms with van der Waals surface area (Å²) in [6.07, 6.45) is 0. The summed E-state index contributed by atoms with van der Waals surface area (Å²) in [5.74, 6) is -1.77. The third-order valence-corrected chi connectivity index (χ3v) is 4.34. The molecule has 0 aliphatic carbocycles. The van der Waals surface area contributed by atoms with Crippen LogP contribution in [0.25, 0.3) is 0 Å². The first-order valence-electron chi connectivity index (χ1n) is 8.07. The van der Waals surface area contributed by atoms with Crippen LogP contribution in [-0.4, -0.2) is 18.1 Å². The van der Waals surface area contributed by atoms with Gasteiger partial charge in [-0.2, -0.15) is 0 Å². The highest BCUT2D eigenvalue weighted by Gasteiger charge is 2.30. The second kappa shape index (κ2) is 7.71. The maximum absolute atomic E-state index is 13.7. The molecule has 3 N–H and O–H groups in total. The third-order valence-electron chi connectivity index (χ3n) is 4.12. The fourth-order valence-corrected chi connectivity index (χ4v) is 3.11. The molecule has 8 heteroatoms. The molecule has 2 aromatic carbocycles. The molecule has 1 atom stereocenters. The minimum Gasteiger partial charge on any atom is -0.497 e. The molecule has 0 radical (unpaired) electrons. The maximum Gasteiger partial charge on any atom is 0.255 e. The van der Waals surface area contributed by atoms with Crippen LogP contribution in [-0.2, 0) is 4.79 Å². The standard InChI is InChI=1S/C19H17F2N3O2S/c1-10-16(18(25)23-12-4-3-5-13(9-12)26-2)17(24-19(27)22-10)11-6-7-14(20)15(21)8-11/h3-9,17H,1-2H3,(H,23,25)(H2,22,24,27)/t17-/m1/s1. The highest BCUT2D eigenvalue weighted by atomic mass is 32.1. The van der Waals surface area contributed by atoms with E-state index in [1.807, 2.05) is 0 Å². The first-order valence-corrected chi connectivity index (χ1v) is 8.48. The largest absolute Gasteiger partial charge is 0.497 e. The zero-order valence-electron chi connectivity index (χ0n) is 14.6. The lowest BCUT2D eigenvalue weighted by Crippen LogP contribution is -2.45. The number of rotatable bonds is 4. The maximum atomic E-state index is 13.7. The molecule has 0 unspecified atom stereocenters. The Labute approximate surface area is 160 Å². The van der Waals surface area contributed by atoms with Crippen molar-refractivity contribution in [1.29, 1.82) is 0 Å². The van der Waals surface area contributed by atoms with Gasteiger partial charge in [0.15, 0.2) is 16.7 Å². The Morgan fingerprint density at radius 2 is 1.96 bits per heavy atom. The number of allylic oxidation sites excluding steroid dienone is 1. The molecule has 1 amide bonds. The van der Waals surface area contributed by atoms with Crippen molar-refractivity contribution in [2.24, 2.45) is 0 Å². The van der Waals surface area contributed by atoms with Crippen LogP contribution in [0.2, 0.25) is 0 Å². The third kappa shape index (κ3) is 4.06. The molecule has 0 fully saturated rings. The Morgan fingerprint density at radius 1 is 1.19 bits per heavy atom. The van der Waals surface area contributed by atoms with E-state index in [9.17, 15) is 13.6 Å². The van der Waals surface area contributed by atoms with Crippen LogP contribution in [0.15, 0.2) is 53.7 Å². The number of hydrogen-bond donors (Lipinski definition) is 3. The number of amides is 1. The lowest BCUT2D eigenvalue weighted by Gasteiger charge is -2.30. The van der Waals surface area contributed by atoms with Crippen LogP contribution in [0.4, 0.5) is 14.5 Å². The molecule has 27 heavy (non-hydrogen) atoms. The van der Waals surface area contributed by atoms with Crippen molar-refractivity contribution in [1.82, 2.24) is 10.6 Å². The van der Waals surface area contributed by atoms with E-state index >= 15 is 0 Å². The van der Waals surface area contributed by atoms with Gasteiger partial charge in [0.2, 0.25) is 0 Å². The molecule has 1 aliphatic rings. The van der Waals surface area contributed by atoms with Crippen LogP contribution in [0, 0.1) is 11.6 Å². The number of hydrogen-bond acceptors (Lipinski definition) is 3. The molecular weight excluding hydrogens is 372 g/mol. The molecule has 140 valence electrons. The minimum absolute atomic E-state index is 0.292. The highest BCUT2D eigenvalue weighted by molar-refractivity contribution is 7.80. The Morgan fingerprint density at radius 3 is 2.67 bits per heavy atom. The first kappa shape index (κ1) is 18.8. The van der Waals surface area contributed by atoms with Crippen LogP contribution in [0.3, 0.4) is 0 Å². The predicted molar refractivity (Wildman–Crippen MR) is 102 cm³/mol. The number of carbonyl (C=O) groups is 1. The summed E-state index contributed by atoms with van der Waals surface area (Å²) in [7, 11) is 1.53. The molecule has 0 saturated carbocycles. The van der Waals surface area contributed by atoms with Gasteiger partial charge in [-0.1, -0.05) is 12.1 Å². The van der Waals surface area contributed by atoms with E-state index in [1.165, 1.54) is 13.2 Å². The number of benzene rings is 2. The van der Waals surface area contributed by atoms with E-state index in [4.69, 9.17) is 17.0 Å². The number of carbonyl (C=O) groups excluding carboxylic acids is 1. The number of thiocarbonyl (C=S) groups is 1. The Bertz CT molecular complexity index is 946. The van der Waals surface area contributed by atoms with Gasteiger partial charge in [-0.05, 0) is 49.0 Å². The second-order valence-electron chi connectivity index (χ2n) is 5.93. The van der Waals surface area contributed by atoms with Crippen LogP contribution >= 0.6 is 12.2 Å².